The highest BCUT2D eigenvalue weighted by Crippen LogP contribution is 2.13. The zero-order chi connectivity index (χ0) is 15.4. The highest BCUT2D eigenvalue weighted by atomic mass is 35.5. The Morgan fingerprint density at radius 1 is 1.38 bits per heavy atom. The molecule has 1 aromatic carbocycles. The second-order valence-electron chi connectivity index (χ2n) is 4.48. The zero-order valence-electron chi connectivity index (χ0n) is 11.3. The van der Waals surface area contributed by atoms with Crippen molar-refractivity contribution < 1.29 is 15.0 Å². The summed E-state index contributed by atoms with van der Waals surface area (Å²) in [6.07, 6.45) is -0.669. The minimum absolute atomic E-state index is 0.0214. The lowest BCUT2D eigenvalue weighted by Gasteiger charge is -2.05. The molecule has 0 fully saturated rings. The van der Waals surface area contributed by atoms with Crippen LogP contribution in [0.1, 0.15) is 23.1 Å². The molecule has 0 unspecified atom stereocenters. The van der Waals surface area contributed by atoms with Gasteiger partial charge >= 0.3 is 0 Å². The van der Waals surface area contributed by atoms with E-state index in [0.29, 0.717) is 10.7 Å². The van der Waals surface area contributed by atoms with Crippen LogP contribution in [0.3, 0.4) is 0 Å². The van der Waals surface area contributed by atoms with Crippen LogP contribution in [0.15, 0.2) is 24.3 Å². The Labute approximate surface area is 126 Å². The highest BCUT2D eigenvalue weighted by molar-refractivity contribution is 6.30. The van der Waals surface area contributed by atoms with Gasteiger partial charge in [-0.25, -0.2) is 0 Å². The van der Waals surface area contributed by atoms with Crippen LogP contribution in [0.2, 0.25) is 5.02 Å². The first kappa shape index (κ1) is 15.4. The van der Waals surface area contributed by atoms with Crippen molar-refractivity contribution in [1.82, 2.24) is 20.3 Å². The fraction of sp³-hybridized carbons (Fsp3) is 0.308. The summed E-state index contributed by atoms with van der Waals surface area (Å²) in [6, 6.07) is 6.74. The molecule has 2 rings (SSSR count). The minimum Gasteiger partial charge on any atom is -0.392 e. The number of amides is 1. The molecular formula is C13H15ClN4O3. The number of nitrogens with one attached hydrogen (secondary N) is 1. The molecule has 1 atom stereocenters. The van der Waals surface area contributed by atoms with E-state index in [1.807, 2.05) is 0 Å². The maximum Gasteiger partial charge on any atom is 0.273 e. The molecule has 0 aliphatic heterocycles. The summed E-state index contributed by atoms with van der Waals surface area (Å²) in [5.41, 5.74) is 0.796. The van der Waals surface area contributed by atoms with Crippen LogP contribution in [-0.4, -0.2) is 43.8 Å². The second kappa shape index (κ2) is 6.66. The Kier molecular flexibility index (Phi) is 4.89. The number of aliphatic hydroxyl groups excluding tert-OH is 2. The minimum atomic E-state index is -0.669. The van der Waals surface area contributed by atoms with E-state index >= 15 is 0 Å². The molecule has 8 heteroatoms. The van der Waals surface area contributed by atoms with Crippen LogP contribution in [0.4, 0.5) is 0 Å². The summed E-state index contributed by atoms with van der Waals surface area (Å²) in [6.45, 7) is 1.24. The summed E-state index contributed by atoms with van der Waals surface area (Å²) in [5.74, 6) is -0.500. The summed E-state index contributed by atoms with van der Waals surface area (Å²) in [4.78, 5) is 13.2. The smallest absolute Gasteiger partial charge is 0.273 e. The number of carbonyl (C=O) groups excluding carboxylic acids is 1. The van der Waals surface area contributed by atoms with Crippen LogP contribution in [-0.2, 0) is 6.61 Å². The van der Waals surface area contributed by atoms with Crippen molar-refractivity contribution in [2.24, 2.45) is 0 Å². The lowest BCUT2D eigenvalue weighted by molar-refractivity contribution is 0.0915. The van der Waals surface area contributed by atoms with Crippen LogP contribution in [0.25, 0.3) is 5.69 Å². The fourth-order valence-corrected chi connectivity index (χ4v) is 1.76. The van der Waals surface area contributed by atoms with Crippen molar-refractivity contribution >= 4 is 17.5 Å². The Balaban J connectivity index is 2.26. The van der Waals surface area contributed by atoms with Gasteiger partial charge in [0.2, 0.25) is 0 Å². The Morgan fingerprint density at radius 3 is 2.62 bits per heavy atom. The topological polar surface area (TPSA) is 100 Å². The van der Waals surface area contributed by atoms with Gasteiger partial charge < -0.3 is 15.5 Å². The third-order valence-electron chi connectivity index (χ3n) is 2.66. The highest BCUT2D eigenvalue weighted by Gasteiger charge is 2.18. The molecule has 0 spiro atoms. The van der Waals surface area contributed by atoms with E-state index in [9.17, 15) is 9.90 Å². The lowest BCUT2D eigenvalue weighted by atomic mass is 10.3. The second-order valence-corrected chi connectivity index (χ2v) is 4.91. The molecule has 0 saturated heterocycles. The molecule has 7 nitrogen and oxygen atoms in total. The molecular weight excluding hydrogens is 296 g/mol. The monoisotopic (exact) mass is 310 g/mol. The first-order chi connectivity index (χ1) is 10.0. The van der Waals surface area contributed by atoms with Gasteiger partial charge in [-0.05, 0) is 31.2 Å². The van der Waals surface area contributed by atoms with Crippen LogP contribution < -0.4 is 5.32 Å². The molecule has 1 amide bonds. The molecule has 3 N–H and O–H groups in total. The van der Waals surface area contributed by atoms with E-state index in [2.05, 4.69) is 15.5 Å². The van der Waals surface area contributed by atoms with E-state index in [1.54, 1.807) is 31.2 Å². The number of aromatic nitrogens is 3. The number of hydrogen-bond acceptors (Lipinski definition) is 5. The molecule has 2 aromatic rings. The first-order valence-corrected chi connectivity index (χ1v) is 6.68. The van der Waals surface area contributed by atoms with Gasteiger partial charge in [0.1, 0.15) is 5.69 Å². The summed E-state index contributed by atoms with van der Waals surface area (Å²) < 4.78 is 0. The van der Waals surface area contributed by atoms with E-state index in [-0.39, 0.29) is 17.9 Å². The average molecular weight is 311 g/mol. The van der Waals surface area contributed by atoms with E-state index in [1.165, 1.54) is 4.80 Å². The predicted octanol–water partition coefficient (Wildman–Crippen LogP) is 0.524. The third kappa shape index (κ3) is 3.78. The van der Waals surface area contributed by atoms with E-state index in [0.717, 1.165) is 0 Å². The van der Waals surface area contributed by atoms with Gasteiger partial charge in [-0.1, -0.05) is 11.6 Å². The maximum absolute atomic E-state index is 12.0. The number of carbonyl (C=O) groups is 1. The Bertz CT molecular complexity index is 625. The van der Waals surface area contributed by atoms with Crippen molar-refractivity contribution in [3.8, 4) is 5.69 Å². The maximum atomic E-state index is 12.0. The zero-order valence-corrected chi connectivity index (χ0v) is 12.1. The number of nitrogens with zero attached hydrogens (tertiary/aromatic N) is 3. The Hall–Kier alpha value is -1.96. The summed E-state index contributed by atoms with van der Waals surface area (Å²) in [7, 11) is 0. The molecule has 112 valence electrons. The van der Waals surface area contributed by atoms with Crippen LogP contribution in [0, 0.1) is 0 Å². The van der Waals surface area contributed by atoms with Crippen molar-refractivity contribution in [3.05, 3.63) is 40.7 Å². The molecule has 0 radical (unpaired) electrons. The van der Waals surface area contributed by atoms with Gasteiger partial charge in [0, 0.05) is 11.6 Å². The first-order valence-electron chi connectivity index (χ1n) is 6.30. The van der Waals surface area contributed by atoms with Gasteiger partial charge in [-0.15, -0.1) is 10.2 Å². The molecule has 0 aliphatic rings. The summed E-state index contributed by atoms with van der Waals surface area (Å²) in [5, 5.41) is 29.7. The van der Waals surface area contributed by atoms with Gasteiger partial charge in [0.15, 0.2) is 5.69 Å². The Morgan fingerprint density at radius 2 is 2.05 bits per heavy atom. The van der Waals surface area contributed by atoms with Gasteiger partial charge in [-0.3, -0.25) is 4.79 Å². The van der Waals surface area contributed by atoms with Crippen molar-refractivity contribution in [1.29, 1.82) is 0 Å². The fourth-order valence-electron chi connectivity index (χ4n) is 1.63. The quantitative estimate of drug-likeness (QED) is 0.747. The number of aliphatic hydroxyl groups is 2. The van der Waals surface area contributed by atoms with Gasteiger partial charge in [-0.2, -0.15) is 4.80 Å². The lowest BCUT2D eigenvalue weighted by Crippen LogP contribution is -2.31. The molecule has 0 bridgehead atoms. The number of rotatable bonds is 5. The molecule has 0 saturated carbocycles. The molecule has 1 aromatic heterocycles. The van der Waals surface area contributed by atoms with Crippen molar-refractivity contribution in [2.45, 2.75) is 19.6 Å². The molecule has 1 heterocycles. The van der Waals surface area contributed by atoms with Gasteiger partial charge in [0.05, 0.1) is 18.4 Å². The predicted molar refractivity (Wildman–Crippen MR) is 76.3 cm³/mol. The summed E-state index contributed by atoms with van der Waals surface area (Å²) >= 11 is 5.81. The number of halogens is 1. The normalized spacial score (nSPS) is 12.2. The molecule has 0 aliphatic carbocycles. The van der Waals surface area contributed by atoms with Crippen molar-refractivity contribution in [2.75, 3.05) is 6.54 Å². The SMILES string of the molecule is C[C@@H](O)CNC(=O)c1nn(-c2ccc(Cl)cc2)nc1CO. The largest absolute Gasteiger partial charge is 0.392 e. The third-order valence-corrected chi connectivity index (χ3v) is 2.92. The number of hydrogen-bond donors (Lipinski definition) is 3. The van der Waals surface area contributed by atoms with Crippen molar-refractivity contribution in [3.63, 3.8) is 0 Å². The van der Waals surface area contributed by atoms with Crippen LogP contribution in [0.5, 0.6) is 0 Å². The number of benzene rings is 1. The van der Waals surface area contributed by atoms with Gasteiger partial charge in [0.25, 0.3) is 5.91 Å². The average Bonchev–Trinajstić information content (AvgIpc) is 2.89. The molecule has 21 heavy (non-hydrogen) atoms. The van der Waals surface area contributed by atoms with E-state index in [4.69, 9.17) is 16.7 Å². The standard InChI is InChI=1S/C13H15ClN4O3/c1-8(20)6-15-13(21)12-11(7-19)16-18(17-12)10-4-2-9(14)3-5-10/h2-5,8,19-20H,6-7H2,1H3,(H,15,21)/t8-/m1/s1. The van der Waals surface area contributed by atoms with E-state index < -0.39 is 18.6 Å². The van der Waals surface area contributed by atoms with Crippen LogP contribution >= 0.6 is 11.6 Å².